The van der Waals surface area contributed by atoms with Gasteiger partial charge in [0.1, 0.15) is 11.8 Å². The Morgan fingerprint density at radius 2 is 1.95 bits per heavy atom. The lowest BCUT2D eigenvalue weighted by molar-refractivity contribution is -0.139. The van der Waals surface area contributed by atoms with E-state index in [9.17, 15) is 9.59 Å². The number of ether oxygens (including phenoxy) is 1. The van der Waals surface area contributed by atoms with Crippen molar-refractivity contribution in [3.05, 3.63) is 29.8 Å². The minimum atomic E-state index is -1.11. The molecule has 0 spiro atoms. The predicted molar refractivity (Wildman–Crippen MR) is 66.5 cm³/mol. The molecule has 0 aromatic heterocycles. The second-order valence-corrected chi connectivity index (χ2v) is 3.75. The van der Waals surface area contributed by atoms with Gasteiger partial charge in [-0.15, -0.1) is 0 Å². The number of carboxylic acids is 1. The van der Waals surface area contributed by atoms with Crippen LogP contribution in [0, 0.1) is 0 Å². The van der Waals surface area contributed by atoms with Crippen molar-refractivity contribution in [1.82, 2.24) is 10.9 Å². The second-order valence-electron chi connectivity index (χ2n) is 3.75. The largest absolute Gasteiger partial charge is 0.508 e. The molecule has 0 saturated heterocycles. The maximum absolute atomic E-state index is 11.0. The molecular weight excluding hydrogens is 252 g/mol. The van der Waals surface area contributed by atoms with E-state index in [0.29, 0.717) is 5.56 Å². The normalized spacial score (nSPS) is 11.6. The molecule has 0 unspecified atom stereocenters. The van der Waals surface area contributed by atoms with Gasteiger partial charge < -0.3 is 14.9 Å². The zero-order valence-electron chi connectivity index (χ0n) is 10.4. The Balaban J connectivity index is 2.55. The molecule has 1 amide bonds. The summed E-state index contributed by atoms with van der Waals surface area (Å²) in [5.74, 6) is -1.00. The van der Waals surface area contributed by atoms with Crippen molar-refractivity contribution in [2.24, 2.45) is 0 Å². The molecule has 0 aliphatic rings. The molecule has 19 heavy (non-hydrogen) atoms. The number of nitrogens with one attached hydrogen (secondary N) is 2. The average molecular weight is 268 g/mol. The van der Waals surface area contributed by atoms with E-state index in [1.54, 1.807) is 19.1 Å². The molecular formula is C12H16N2O5. The molecule has 1 aromatic carbocycles. The zero-order valence-corrected chi connectivity index (χ0v) is 10.4. The lowest BCUT2D eigenvalue weighted by Crippen LogP contribution is -2.49. The van der Waals surface area contributed by atoms with E-state index in [1.165, 1.54) is 12.1 Å². The summed E-state index contributed by atoms with van der Waals surface area (Å²) in [7, 11) is 0. The maximum Gasteiger partial charge on any atom is 0.421 e. The average Bonchev–Trinajstić information content (AvgIpc) is 2.36. The van der Waals surface area contributed by atoms with Crippen molar-refractivity contribution in [3.8, 4) is 5.75 Å². The van der Waals surface area contributed by atoms with Gasteiger partial charge in [-0.05, 0) is 24.6 Å². The number of benzene rings is 1. The van der Waals surface area contributed by atoms with Crippen molar-refractivity contribution in [2.45, 2.75) is 19.4 Å². The SMILES string of the molecule is CCOC(=O)NN[C@@H](Cc1ccc(O)cc1)C(=O)O. The van der Waals surface area contributed by atoms with Crippen molar-refractivity contribution in [2.75, 3.05) is 6.61 Å². The molecule has 0 aliphatic carbocycles. The Kier molecular flexibility index (Phi) is 5.62. The summed E-state index contributed by atoms with van der Waals surface area (Å²) < 4.78 is 4.60. The number of carbonyl (C=O) groups excluding carboxylic acids is 1. The molecule has 4 N–H and O–H groups in total. The molecule has 1 aromatic rings. The van der Waals surface area contributed by atoms with E-state index < -0.39 is 18.1 Å². The number of rotatable bonds is 6. The number of hydrogen-bond donors (Lipinski definition) is 4. The van der Waals surface area contributed by atoms with Crippen LogP contribution in [0.1, 0.15) is 12.5 Å². The highest BCUT2D eigenvalue weighted by atomic mass is 16.5. The summed E-state index contributed by atoms with van der Waals surface area (Å²) in [6.07, 6.45) is -0.582. The van der Waals surface area contributed by atoms with E-state index in [-0.39, 0.29) is 18.8 Å². The molecule has 0 heterocycles. The fourth-order valence-electron chi connectivity index (χ4n) is 1.38. The van der Waals surface area contributed by atoms with Crippen LogP contribution < -0.4 is 10.9 Å². The Morgan fingerprint density at radius 1 is 1.32 bits per heavy atom. The van der Waals surface area contributed by atoms with Gasteiger partial charge in [-0.25, -0.2) is 10.2 Å². The lowest BCUT2D eigenvalue weighted by atomic mass is 10.1. The van der Waals surface area contributed by atoms with Crippen molar-refractivity contribution in [1.29, 1.82) is 0 Å². The van der Waals surface area contributed by atoms with Gasteiger partial charge >= 0.3 is 12.1 Å². The first-order chi connectivity index (χ1) is 9.02. The Bertz CT molecular complexity index is 432. The van der Waals surface area contributed by atoms with Crippen LogP contribution in [0.4, 0.5) is 4.79 Å². The van der Waals surface area contributed by atoms with Gasteiger partial charge in [-0.1, -0.05) is 12.1 Å². The smallest absolute Gasteiger partial charge is 0.421 e. The van der Waals surface area contributed by atoms with Crippen LogP contribution in [0.5, 0.6) is 5.75 Å². The van der Waals surface area contributed by atoms with Gasteiger partial charge in [0.05, 0.1) is 6.61 Å². The van der Waals surface area contributed by atoms with Crippen molar-refractivity contribution in [3.63, 3.8) is 0 Å². The third-order valence-corrected chi connectivity index (χ3v) is 2.30. The van der Waals surface area contributed by atoms with Gasteiger partial charge in [0, 0.05) is 6.42 Å². The highest BCUT2D eigenvalue weighted by Crippen LogP contribution is 2.11. The van der Waals surface area contributed by atoms with Gasteiger partial charge in [0.15, 0.2) is 0 Å². The van der Waals surface area contributed by atoms with Crippen LogP contribution in [0.2, 0.25) is 0 Å². The van der Waals surface area contributed by atoms with Crippen LogP contribution in [0.25, 0.3) is 0 Å². The summed E-state index contributed by atoms with van der Waals surface area (Å²) in [5, 5.41) is 18.2. The topological polar surface area (TPSA) is 108 Å². The van der Waals surface area contributed by atoms with Gasteiger partial charge in [-0.3, -0.25) is 10.2 Å². The molecule has 7 heteroatoms. The number of phenolic OH excluding ortho intramolecular Hbond substituents is 1. The standard InChI is InChI=1S/C12H16N2O5/c1-2-19-12(18)14-13-10(11(16)17)7-8-3-5-9(15)6-4-8/h3-6,10,13,15H,2,7H2,1H3,(H,14,18)(H,16,17)/t10-/m0/s1. The summed E-state index contributed by atoms with van der Waals surface area (Å²) in [6, 6.07) is 5.16. The molecule has 0 aliphatic heterocycles. The Morgan fingerprint density at radius 3 is 2.47 bits per heavy atom. The van der Waals surface area contributed by atoms with Gasteiger partial charge in [0.2, 0.25) is 0 Å². The van der Waals surface area contributed by atoms with Gasteiger partial charge in [0.25, 0.3) is 0 Å². The minimum absolute atomic E-state index is 0.105. The summed E-state index contributed by atoms with van der Waals surface area (Å²) in [5.41, 5.74) is 5.25. The predicted octanol–water partition coefficient (Wildman–Crippen LogP) is 0.639. The van der Waals surface area contributed by atoms with Crippen LogP contribution in [-0.2, 0) is 16.0 Å². The zero-order chi connectivity index (χ0) is 14.3. The van der Waals surface area contributed by atoms with E-state index in [0.717, 1.165) is 0 Å². The van der Waals surface area contributed by atoms with Crippen LogP contribution in [-0.4, -0.2) is 34.9 Å². The van der Waals surface area contributed by atoms with E-state index >= 15 is 0 Å². The molecule has 104 valence electrons. The monoisotopic (exact) mass is 268 g/mol. The number of hydrazine groups is 1. The fourth-order valence-corrected chi connectivity index (χ4v) is 1.38. The second kappa shape index (κ2) is 7.22. The number of carboxylic acid groups (broad SMARTS) is 1. The Labute approximate surface area is 110 Å². The van der Waals surface area contributed by atoms with Crippen LogP contribution >= 0.6 is 0 Å². The molecule has 0 saturated carbocycles. The summed E-state index contributed by atoms with van der Waals surface area (Å²) in [6.45, 7) is 1.84. The number of hydrogen-bond acceptors (Lipinski definition) is 5. The molecule has 0 fully saturated rings. The highest BCUT2D eigenvalue weighted by Gasteiger charge is 2.18. The van der Waals surface area contributed by atoms with E-state index in [2.05, 4.69) is 15.6 Å². The molecule has 7 nitrogen and oxygen atoms in total. The Hall–Kier alpha value is -2.28. The number of carbonyl (C=O) groups is 2. The number of amides is 1. The highest BCUT2D eigenvalue weighted by molar-refractivity contribution is 5.75. The van der Waals surface area contributed by atoms with Crippen LogP contribution in [0.3, 0.4) is 0 Å². The van der Waals surface area contributed by atoms with Crippen molar-refractivity contribution < 1.29 is 24.5 Å². The van der Waals surface area contributed by atoms with Gasteiger partial charge in [-0.2, -0.15) is 0 Å². The molecule has 1 atom stereocenters. The first-order valence-corrected chi connectivity index (χ1v) is 5.72. The third-order valence-electron chi connectivity index (χ3n) is 2.30. The quantitative estimate of drug-likeness (QED) is 0.564. The number of aromatic hydroxyl groups is 1. The van der Waals surface area contributed by atoms with Crippen LogP contribution in [0.15, 0.2) is 24.3 Å². The molecule has 1 rings (SSSR count). The lowest BCUT2D eigenvalue weighted by Gasteiger charge is -2.15. The maximum atomic E-state index is 11.0. The molecule has 0 radical (unpaired) electrons. The fraction of sp³-hybridized carbons (Fsp3) is 0.333. The number of aliphatic carboxylic acids is 1. The summed E-state index contributed by atoms with van der Waals surface area (Å²) >= 11 is 0. The van der Waals surface area contributed by atoms with Crippen molar-refractivity contribution >= 4 is 12.1 Å². The van der Waals surface area contributed by atoms with E-state index in [1.807, 2.05) is 0 Å². The first kappa shape index (κ1) is 14.8. The minimum Gasteiger partial charge on any atom is -0.508 e. The van der Waals surface area contributed by atoms with E-state index in [4.69, 9.17) is 10.2 Å². The third kappa shape index (κ3) is 5.26. The first-order valence-electron chi connectivity index (χ1n) is 5.72. The molecule has 0 bridgehead atoms. The summed E-state index contributed by atoms with van der Waals surface area (Å²) in [4.78, 5) is 22.1. The number of phenols is 1.